The molecule has 47 valence electrons. The Balaban J connectivity index is 3.32. The van der Waals surface area contributed by atoms with Gasteiger partial charge in [-0.25, -0.2) is 4.39 Å². The highest BCUT2D eigenvalue weighted by atomic mass is 19.1. The van der Waals surface area contributed by atoms with Crippen LogP contribution in [0.3, 0.4) is 0 Å². The monoisotopic (exact) mass is 118 g/mol. The lowest BCUT2D eigenvalue weighted by Gasteiger charge is -1.96. The summed E-state index contributed by atoms with van der Waals surface area (Å²) in [7, 11) is 0. The summed E-state index contributed by atoms with van der Waals surface area (Å²) in [5, 5.41) is 0. The summed E-state index contributed by atoms with van der Waals surface area (Å²) >= 11 is 0. The lowest BCUT2D eigenvalue weighted by atomic mass is 10.2. The number of hydrogen-bond donors (Lipinski definition) is 0. The van der Waals surface area contributed by atoms with Gasteiger partial charge >= 0.3 is 0 Å². The predicted molar refractivity (Wildman–Crippen MR) is 27.9 cm³/mol. The fraction of sp³-hybridized carbons (Fsp3) is 0.800. The molecule has 8 heavy (non-hydrogen) atoms. The maximum Gasteiger partial charge on any atom is 0.272 e. The molecular weight excluding hydrogens is 109 g/mol. The standard InChI is InChI=1S/C5H9FNO/c1-2-3-4(6)5(7)8/h4,7H,2-3H2,1H3/t4-/m0/s1. The molecule has 1 atom stereocenters. The van der Waals surface area contributed by atoms with Crippen molar-refractivity contribution in [2.75, 3.05) is 0 Å². The third-order valence-corrected chi connectivity index (χ3v) is 0.827. The van der Waals surface area contributed by atoms with E-state index in [9.17, 15) is 9.18 Å². The Morgan fingerprint density at radius 3 is 2.50 bits per heavy atom. The van der Waals surface area contributed by atoms with Crippen LogP contribution in [0.25, 0.3) is 0 Å². The van der Waals surface area contributed by atoms with Crippen LogP contribution in [0.4, 0.5) is 4.39 Å². The van der Waals surface area contributed by atoms with Gasteiger partial charge in [-0.05, 0) is 6.42 Å². The van der Waals surface area contributed by atoms with Crippen molar-refractivity contribution >= 4 is 5.91 Å². The second kappa shape index (κ2) is 3.41. The SMILES string of the molecule is CCC[C@H](F)C([NH])=O. The number of hydrogen-bond acceptors (Lipinski definition) is 1. The van der Waals surface area contributed by atoms with Crippen LogP contribution in [0.2, 0.25) is 0 Å². The first-order chi connectivity index (χ1) is 3.68. The number of amides is 1. The van der Waals surface area contributed by atoms with Gasteiger partial charge in [0.05, 0.1) is 0 Å². The van der Waals surface area contributed by atoms with E-state index in [2.05, 4.69) is 0 Å². The van der Waals surface area contributed by atoms with Gasteiger partial charge in [0.15, 0.2) is 6.17 Å². The molecule has 0 unspecified atom stereocenters. The number of rotatable bonds is 3. The van der Waals surface area contributed by atoms with Crippen LogP contribution >= 0.6 is 0 Å². The highest BCUT2D eigenvalue weighted by Crippen LogP contribution is 1.99. The van der Waals surface area contributed by atoms with Crippen LogP contribution in [-0.2, 0) is 4.79 Å². The van der Waals surface area contributed by atoms with E-state index in [0.29, 0.717) is 6.42 Å². The van der Waals surface area contributed by atoms with Crippen molar-refractivity contribution < 1.29 is 9.18 Å². The minimum atomic E-state index is -1.56. The van der Waals surface area contributed by atoms with Gasteiger partial charge < -0.3 is 0 Å². The molecule has 1 N–H and O–H groups in total. The van der Waals surface area contributed by atoms with Gasteiger partial charge in [0.25, 0.3) is 5.91 Å². The molecule has 0 aromatic rings. The van der Waals surface area contributed by atoms with Crippen molar-refractivity contribution in [2.45, 2.75) is 25.9 Å². The zero-order valence-corrected chi connectivity index (χ0v) is 4.78. The average Bonchev–Trinajstić information content (AvgIpc) is 1.67. The van der Waals surface area contributed by atoms with Crippen molar-refractivity contribution in [3.63, 3.8) is 0 Å². The molecule has 0 heterocycles. The van der Waals surface area contributed by atoms with Gasteiger partial charge in [0.2, 0.25) is 0 Å². The molecular formula is C5H9FNO. The molecule has 1 radical (unpaired) electrons. The predicted octanol–water partition coefficient (Wildman–Crippen LogP) is 0.934. The molecule has 0 bridgehead atoms. The molecule has 0 saturated carbocycles. The first-order valence-electron chi connectivity index (χ1n) is 2.58. The molecule has 0 saturated heterocycles. The Labute approximate surface area is 47.9 Å². The van der Waals surface area contributed by atoms with E-state index in [-0.39, 0.29) is 6.42 Å². The largest absolute Gasteiger partial charge is 0.272 e. The van der Waals surface area contributed by atoms with E-state index < -0.39 is 12.1 Å². The number of carbonyl (C=O) groups excluding carboxylic acids is 1. The molecule has 0 rings (SSSR count). The molecule has 0 aromatic carbocycles. The summed E-state index contributed by atoms with van der Waals surface area (Å²) < 4.78 is 12.0. The number of carbonyl (C=O) groups is 1. The molecule has 0 aliphatic heterocycles. The van der Waals surface area contributed by atoms with Crippen molar-refractivity contribution in [2.24, 2.45) is 0 Å². The highest BCUT2D eigenvalue weighted by Gasteiger charge is 2.10. The number of halogens is 1. The van der Waals surface area contributed by atoms with Crippen molar-refractivity contribution in [3.05, 3.63) is 0 Å². The third kappa shape index (κ3) is 2.55. The maximum absolute atomic E-state index is 12.0. The Hall–Kier alpha value is -0.600. The lowest BCUT2D eigenvalue weighted by Crippen LogP contribution is -2.15. The third-order valence-electron chi connectivity index (χ3n) is 0.827. The van der Waals surface area contributed by atoms with Gasteiger partial charge in [-0.1, -0.05) is 13.3 Å². The molecule has 2 nitrogen and oxygen atoms in total. The van der Waals surface area contributed by atoms with Crippen LogP contribution in [0.5, 0.6) is 0 Å². The van der Waals surface area contributed by atoms with E-state index in [0.717, 1.165) is 0 Å². The molecule has 0 aliphatic carbocycles. The summed E-state index contributed by atoms with van der Waals surface area (Å²) in [6.45, 7) is 1.77. The topological polar surface area (TPSA) is 40.9 Å². The summed E-state index contributed by atoms with van der Waals surface area (Å²) in [5.41, 5.74) is 6.27. The smallest absolute Gasteiger partial charge is 0.270 e. The lowest BCUT2D eigenvalue weighted by molar-refractivity contribution is -0.123. The van der Waals surface area contributed by atoms with Crippen molar-refractivity contribution in [1.82, 2.24) is 5.73 Å². The Kier molecular flexibility index (Phi) is 3.15. The second-order valence-corrected chi connectivity index (χ2v) is 1.62. The maximum atomic E-state index is 12.0. The van der Waals surface area contributed by atoms with Crippen LogP contribution in [-0.4, -0.2) is 12.1 Å². The summed E-state index contributed by atoms with van der Waals surface area (Å²) in [5.74, 6) is -1.10. The van der Waals surface area contributed by atoms with E-state index in [1.165, 1.54) is 0 Å². The van der Waals surface area contributed by atoms with Crippen LogP contribution in [0, 0.1) is 0 Å². The van der Waals surface area contributed by atoms with Crippen LogP contribution in [0.15, 0.2) is 0 Å². The normalized spacial score (nSPS) is 13.2. The molecule has 0 aliphatic rings. The van der Waals surface area contributed by atoms with Gasteiger partial charge in [0.1, 0.15) is 0 Å². The molecule has 0 aromatic heterocycles. The van der Waals surface area contributed by atoms with Crippen LogP contribution < -0.4 is 5.73 Å². The van der Waals surface area contributed by atoms with E-state index in [1.807, 2.05) is 0 Å². The molecule has 3 heteroatoms. The Morgan fingerprint density at radius 2 is 2.38 bits per heavy atom. The zero-order chi connectivity index (χ0) is 6.57. The van der Waals surface area contributed by atoms with E-state index >= 15 is 0 Å². The molecule has 0 spiro atoms. The number of alkyl halides is 1. The van der Waals surface area contributed by atoms with Gasteiger partial charge in [-0.15, -0.1) is 0 Å². The molecule has 0 fully saturated rings. The Morgan fingerprint density at radius 1 is 1.88 bits per heavy atom. The summed E-state index contributed by atoms with van der Waals surface area (Å²) in [6.07, 6.45) is -0.756. The minimum Gasteiger partial charge on any atom is -0.270 e. The first kappa shape index (κ1) is 7.40. The van der Waals surface area contributed by atoms with E-state index in [1.54, 1.807) is 6.92 Å². The highest BCUT2D eigenvalue weighted by molar-refractivity contribution is 5.77. The molecule has 1 amide bonds. The van der Waals surface area contributed by atoms with Gasteiger partial charge in [0, 0.05) is 0 Å². The van der Waals surface area contributed by atoms with Crippen molar-refractivity contribution in [1.29, 1.82) is 0 Å². The van der Waals surface area contributed by atoms with Crippen molar-refractivity contribution in [3.8, 4) is 0 Å². The van der Waals surface area contributed by atoms with Crippen LogP contribution in [0.1, 0.15) is 19.8 Å². The first-order valence-corrected chi connectivity index (χ1v) is 2.58. The Bertz CT molecular complexity index is 84.5. The van der Waals surface area contributed by atoms with Gasteiger partial charge in [-0.3, -0.25) is 10.5 Å². The number of nitrogens with one attached hydrogen (secondary N) is 1. The second-order valence-electron chi connectivity index (χ2n) is 1.62. The minimum absolute atomic E-state index is 0.183. The fourth-order valence-electron chi connectivity index (χ4n) is 0.385. The average molecular weight is 118 g/mol. The quantitative estimate of drug-likeness (QED) is 0.543. The summed E-state index contributed by atoms with van der Waals surface area (Å²) in [6, 6.07) is 0. The summed E-state index contributed by atoms with van der Waals surface area (Å²) in [4.78, 5) is 9.83. The van der Waals surface area contributed by atoms with Gasteiger partial charge in [-0.2, -0.15) is 0 Å². The fourth-order valence-corrected chi connectivity index (χ4v) is 0.385. The zero-order valence-electron chi connectivity index (χ0n) is 4.78. The van der Waals surface area contributed by atoms with E-state index in [4.69, 9.17) is 5.73 Å².